The van der Waals surface area contributed by atoms with Crippen molar-refractivity contribution in [2.75, 3.05) is 26.9 Å². The van der Waals surface area contributed by atoms with Crippen molar-refractivity contribution >= 4 is 23.7 Å². The molecule has 0 spiro atoms. The SMILES string of the molecule is COc1cccc(C(=O)NCC(=O)OCC(=O)NNC(=O)C2COc3ccccc3O2)c1. The summed E-state index contributed by atoms with van der Waals surface area (Å²) in [6.07, 6.45) is -0.959. The van der Waals surface area contributed by atoms with E-state index in [9.17, 15) is 19.2 Å². The third-order valence-electron chi connectivity index (χ3n) is 4.22. The van der Waals surface area contributed by atoms with Gasteiger partial charge in [0.25, 0.3) is 17.7 Å². The second kappa shape index (κ2) is 10.7. The molecule has 0 aromatic heterocycles. The maximum Gasteiger partial charge on any atom is 0.325 e. The van der Waals surface area contributed by atoms with Crippen LogP contribution in [-0.2, 0) is 19.1 Å². The van der Waals surface area contributed by atoms with Gasteiger partial charge in [-0.05, 0) is 30.3 Å². The number of carbonyl (C=O) groups excluding carboxylic acids is 4. The summed E-state index contributed by atoms with van der Waals surface area (Å²) in [5.41, 5.74) is 4.58. The first-order valence-corrected chi connectivity index (χ1v) is 9.51. The van der Waals surface area contributed by atoms with Crippen LogP contribution < -0.4 is 30.4 Å². The molecule has 0 bridgehead atoms. The predicted octanol–water partition coefficient (Wildman–Crippen LogP) is -0.0444. The van der Waals surface area contributed by atoms with Crippen LogP contribution in [0.1, 0.15) is 10.4 Å². The molecule has 1 unspecified atom stereocenters. The molecule has 1 atom stereocenters. The van der Waals surface area contributed by atoms with E-state index in [0.29, 0.717) is 22.8 Å². The maximum absolute atomic E-state index is 12.1. The van der Waals surface area contributed by atoms with Gasteiger partial charge in [-0.3, -0.25) is 30.0 Å². The van der Waals surface area contributed by atoms with Gasteiger partial charge in [-0.2, -0.15) is 0 Å². The number of amides is 3. The van der Waals surface area contributed by atoms with Gasteiger partial charge in [0.15, 0.2) is 18.1 Å². The summed E-state index contributed by atoms with van der Waals surface area (Å²) < 4.78 is 20.7. The number of esters is 1. The number of fused-ring (bicyclic) bond motifs is 1. The number of ether oxygens (including phenoxy) is 4. The Hall–Kier alpha value is -4.28. The normalized spacial score (nSPS) is 14.0. The van der Waals surface area contributed by atoms with E-state index in [4.69, 9.17) is 18.9 Å². The minimum atomic E-state index is -0.959. The van der Waals surface area contributed by atoms with E-state index >= 15 is 0 Å². The molecule has 0 radical (unpaired) electrons. The first kappa shape index (κ1) is 22.4. The molecule has 1 aliphatic rings. The smallest absolute Gasteiger partial charge is 0.325 e. The van der Waals surface area contributed by atoms with Crippen LogP contribution in [0.4, 0.5) is 0 Å². The van der Waals surface area contributed by atoms with Gasteiger partial charge in [0, 0.05) is 5.56 Å². The second-order valence-corrected chi connectivity index (χ2v) is 6.48. The van der Waals surface area contributed by atoms with Gasteiger partial charge in [0.1, 0.15) is 18.9 Å². The zero-order valence-corrected chi connectivity index (χ0v) is 17.1. The summed E-state index contributed by atoms with van der Waals surface area (Å²) in [6, 6.07) is 13.2. The van der Waals surface area contributed by atoms with Crippen LogP contribution in [0.15, 0.2) is 48.5 Å². The quantitative estimate of drug-likeness (QED) is 0.400. The van der Waals surface area contributed by atoms with Crippen molar-refractivity contribution in [3.05, 3.63) is 54.1 Å². The minimum Gasteiger partial charge on any atom is -0.497 e. The Morgan fingerprint density at radius 2 is 1.81 bits per heavy atom. The monoisotopic (exact) mass is 443 g/mol. The summed E-state index contributed by atoms with van der Waals surface area (Å²) in [5.74, 6) is -1.32. The standard InChI is InChI=1S/C21H21N3O8/c1-29-14-6-4-5-13(9-14)20(27)22-10-19(26)31-12-18(25)23-24-21(28)17-11-30-15-7-2-3-8-16(15)32-17/h2-9,17H,10-12H2,1H3,(H,22,27)(H,23,25)(H,24,28). The molecule has 1 heterocycles. The summed E-state index contributed by atoms with van der Waals surface area (Å²) in [7, 11) is 1.47. The van der Waals surface area contributed by atoms with Crippen LogP contribution in [0, 0.1) is 0 Å². The lowest BCUT2D eigenvalue weighted by Gasteiger charge is -2.25. The predicted molar refractivity (Wildman–Crippen MR) is 109 cm³/mol. The third-order valence-corrected chi connectivity index (χ3v) is 4.22. The first-order chi connectivity index (χ1) is 15.5. The molecular weight excluding hydrogens is 422 g/mol. The van der Waals surface area contributed by atoms with Crippen molar-refractivity contribution in [3.8, 4) is 17.2 Å². The highest BCUT2D eigenvalue weighted by molar-refractivity contribution is 5.96. The van der Waals surface area contributed by atoms with Crippen LogP contribution in [-0.4, -0.2) is 56.7 Å². The lowest BCUT2D eigenvalue weighted by atomic mass is 10.2. The van der Waals surface area contributed by atoms with E-state index < -0.39 is 42.9 Å². The third kappa shape index (κ3) is 6.11. The molecule has 1 aliphatic heterocycles. The van der Waals surface area contributed by atoms with E-state index in [1.165, 1.54) is 13.2 Å². The Balaban J connectivity index is 1.34. The first-order valence-electron chi connectivity index (χ1n) is 9.51. The van der Waals surface area contributed by atoms with Gasteiger partial charge in [-0.25, -0.2) is 0 Å². The number of benzene rings is 2. The molecule has 0 saturated carbocycles. The number of methoxy groups -OCH3 is 1. The van der Waals surface area contributed by atoms with Crippen molar-refractivity contribution in [2.24, 2.45) is 0 Å². The number of carbonyl (C=O) groups is 4. The Bertz CT molecular complexity index is 1010. The number of hydrogen-bond acceptors (Lipinski definition) is 8. The average molecular weight is 443 g/mol. The number of hydrazine groups is 1. The van der Waals surface area contributed by atoms with E-state index in [0.717, 1.165) is 0 Å². The number of rotatable bonds is 7. The Kier molecular flexibility index (Phi) is 7.46. The average Bonchev–Trinajstić information content (AvgIpc) is 2.84. The molecule has 2 aromatic rings. The molecule has 11 heteroatoms. The molecule has 0 saturated heterocycles. The molecular formula is C21H21N3O8. The van der Waals surface area contributed by atoms with Crippen molar-refractivity contribution in [2.45, 2.75) is 6.10 Å². The fourth-order valence-corrected chi connectivity index (χ4v) is 2.61. The minimum absolute atomic E-state index is 0.0271. The van der Waals surface area contributed by atoms with Crippen LogP contribution in [0.3, 0.4) is 0 Å². The molecule has 2 aromatic carbocycles. The molecule has 0 aliphatic carbocycles. The van der Waals surface area contributed by atoms with Crippen LogP contribution in [0.5, 0.6) is 17.2 Å². The Morgan fingerprint density at radius 1 is 1.03 bits per heavy atom. The van der Waals surface area contributed by atoms with E-state index in [-0.39, 0.29) is 6.61 Å². The number of nitrogens with one attached hydrogen (secondary N) is 3. The fraction of sp³-hybridized carbons (Fsp3) is 0.238. The zero-order chi connectivity index (χ0) is 22.9. The van der Waals surface area contributed by atoms with E-state index in [1.807, 2.05) is 0 Å². The summed E-state index contributed by atoms with van der Waals surface area (Å²) in [6.45, 7) is -1.12. The van der Waals surface area contributed by atoms with Gasteiger partial charge in [-0.15, -0.1) is 0 Å². The zero-order valence-electron chi connectivity index (χ0n) is 17.1. The Labute approximate surface area is 182 Å². The summed E-state index contributed by atoms with van der Waals surface area (Å²) >= 11 is 0. The van der Waals surface area contributed by atoms with Gasteiger partial charge in [-0.1, -0.05) is 18.2 Å². The second-order valence-electron chi connectivity index (χ2n) is 6.48. The topological polar surface area (TPSA) is 141 Å². The van der Waals surface area contributed by atoms with Crippen molar-refractivity contribution < 1.29 is 38.1 Å². The fourth-order valence-electron chi connectivity index (χ4n) is 2.61. The van der Waals surface area contributed by atoms with Gasteiger partial charge >= 0.3 is 5.97 Å². The molecule has 0 fully saturated rings. The van der Waals surface area contributed by atoms with Crippen molar-refractivity contribution in [3.63, 3.8) is 0 Å². The van der Waals surface area contributed by atoms with Crippen molar-refractivity contribution in [1.82, 2.24) is 16.2 Å². The number of hydrogen-bond donors (Lipinski definition) is 3. The summed E-state index contributed by atoms with van der Waals surface area (Å²) in [4.78, 5) is 47.7. The maximum atomic E-state index is 12.1. The molecule has 3 N–H and O–H groups in total. The van der Waals surface area contributed by atoms with Gasteiger partial charge in [0.05, 0.1) is 7.11 Å². The number of para-hydroxylation sites is 2. The molecule has 32 heavy (non-hydrogen) atoms. The lowest BCUT2D eigenvalue weighted by Crippen LogP contribution is -2.51. The van der Waals surface area contributed by atoms with Crippen LogP contribution in [0.2, 0.25) is 0 Å². The summed E-state index contributed by atoms with van der Waals surface area (Å²) in [5, 5.41) is 2.37. The molecule has 3 amide bonds. The molecule has 3 rings (SSSR count). The Morgan fingerprint density at radius 3 is 2.59 bits per heavy atom. The van der Waals surface area contributed by atoms with Crippen LogP contribution >= 0.6 is 0 Å². The van der Waals surface area contributed by atoms with Crippen LogP contribution in [0.25, 0.3) is 0 Å². The van der Waals surface area contributed by atoms with Gasteiger partial charge in [0.2, 0.25) is 6.10 Å². The van der Waals surface area contributed by atoms with E-state index in [2.05, 4.69) is 16.2 Å². The van der Waals surface area contributed by atoms with Gasteiger partial charge < -0.3 is 24.3 Å². The lowest BCUT2D eigenvalue weighted by molar-refractivity contribution is -0.148. The largest absolute Gasteiger partial charge is 0.497 e. The van der Waals surface area contributed by atoms with Crippen molar-refractivity contribution in [1.29, 1.82) is 0 Å². The molecule has 168 valence electrons. The van der Waals surface area contributed by atoms with E-state index in [1.54, 1.807) is 42.5 Å². The highest BCUT2D eigenvalue weighted by atomic mass is 16.6. The molecule has 11 nitrogen and oxygen atoms in total. The highest BCUT2D eigenvalue weighted by Crippen LogP contribution is 2.30. The highest BCUT2D eigenvalue weighted by Gasteiger charge is 2.27.